The number of thioether (sulfide) groups is 1. The quantitative estimate of drug-likeness (QED) is 0.552. The fraction of sp³-hybridized carbons (Fsp3) is 0.556. The zero-order chi connectivity index (χ0) is 17.1. The van der Waals surface area contributed by atoms with Gasteiger partial charge in [0.25, 0.3) is 0 Å². The molecule has 0 N–H and O–H groups in total. The first-order valence-corrected chi connectivity index (χ1v) is 10.0. The van der Waals surface area contributed by atoms with Crippen molar-refractivity contribution in [2.45, 2.75) is 43.3 Å². The van der Waals surface area contributed by atoms with E-state index in [2.05, 4.69) is 19.7 Å². The van der Waals surface area contributed by atoms with Gasteiger partial charge in [-0.15, -0.1) is 10.2 Å². The zero-order valence-electron chi connectivity index (χ0n) is 14.2. The van der Waals surface area contributed by atoms with E-state index in [-0.39, 0.29) is 5.82 Å². The summed E-state index contributed by atoms with van der Waals surface area (Å²) < 4.78 is 21.4. The number of para-hydroxylation sites is 1. The average Bonchev–Trinajstić information content (AvgIpc) is 3.40. The summed E-state index contributed by atoms with van der Waals surface area (Å²) in [7, 11) is 0. The second kappa shape index (κ2) is 7.64. The van der Waals surface area contributed by atoms with Gasteiger partial charge in [-0.25, -0.2) is 4.39 Å². The Hall–Kier alpha value is -1.76. The molecule has 0 bridgehead atoms. The molecule has 0 spiro atoms. The van der Waals surface area contributed by atoms with Gasteiger partial charge in [-0.3, -0.25) is 4.57 Å². The monoisotopic (exact) mass is 362 g/mol. The van der Waals surface area contributed by atoms with Crippen LogP contribution in [0.1, 0.15) is 38.1 Å². The van der Waals surface area contributed by atoms with Crippen LogP contribution in [-0.2, 0) is 0 Å². The first-order chi connectivity index (χ1) is 12.3. The first-order valence-electron chi connectivity index (χ1n) is 9.03. The van der Waals surface area contributed by atoms with Gasteiger partial charge in [0.05, 0.1) is 6.61 Å². The average molecular weight is 362 g/mol. The fourth-order valence-corrected chi connectivity index (χ4v) is 3.99. The van der Waals surface area contributed by atoms with Crippen molar-refractivity contribution in [2.75, 3.05) is 30.3 Å². The van der Waals surface area contributed by atoms with Gasteiger partial charge in [-0.05, 0) is 44.2 Å². The van der Waals surface area contributed by atoms with Crippen molar-refractivity contribution in [3.8, 4) is 5.75 Å². The van der Waals surface area contributed by atoms with Crippen molar-refractivity contribution >= 4 is 17.7 Å². The lowest BCUT2D eigenvalue weighted by Crippen LogP contribution is -2.31. The van der Waals surface area contributed by atoms with E-state index in [4.69, 9.17) is 4.74 Å². The summed E-state index contributed by atoms with van der Waals surface area (Å²) in [5, 5.41) is 9.85. The highest BCUT2D eigenvalue weighted by Crippen LogP contribution is 2.41. The van der Waals surface area contributed by atoms with E-state index in [1.165, 1.54) is 38.2 Å². The molecule has 1 saturated carbocycles. The van der Waals surface area contributed by atoms with Crippen LogP contribution in [0.4, 0.5) is 10.3 Å². The molecule has 1 aromatic heterocycles. The maximum absolute atomic E-state index is 13.6. The van der Waals surface area contributed by atoms with Crippen molar-refractivity contribution in [1.82, 2.24) is 14.8 Å². The second-order valence-electron chi connectivity index (χ2n) is 6.56. The minimum absolute atomic E-state index is 0.306. The summed E-state index contributed by atoms with van der Waals surface area (Å²) in [6, 6.07) is 7.05. The number of nitrogens with zero attached hydrogens (tertiary/aromatic N) is 4. The molecule has 134 valence electrons. The van der Waals surface area contributed by atoms with Crippen molar-refractivity contribution < 1.29 is 9.13 Å². The lowest BCUT2D eigenvalue weighted by molar-refractivity contribution is 0.325. The summed E-state index contributed by atoms with van der Waals surface area (Å²) in [6.07, 6.45) is 6.19. The first kappa shape index (κ1) is 16.7. The van der Waals surface area contributed by atoms with Crippen LogP contribution >= 0.6 is 11.8 Å². The largest absolute Gasteiger partial charge is 0.490 e. The van der Waals surface area contributed by atoms with E-state index >= 15 is 0 Å². The second-order valence-corrected chi connectivity index (χ2v) is 7.62. The van der Waals surface area contributed by atoms with E-state index in [1.807, 2.05) is 0 Å². The Morgan fingerprint density at radius 3 is 2.68 bits per heavy atom. The minimum atomic E-state index is -0.318. The number of hydrogen-bond acceptors (Lipinski definition) is 5. The van der Waals surface area contributed by atoms with Crippen LogP contribution in [0.25, 0.3) is 0 Å². The Bertz CT molecular complexity index is 713. The molecular weight excluding hydrogens is 339 g/mol. The number of rotatable bonds is 7. The lowest BCUT2D eigenvalue weighted by Gasteiger charge is -2.27. The molecule has 1 aromatic carbocycles. The van der Waals surface area contributed by atoms with Gasteiger partial charge in [0, 0.05) is 24.9 Å². The number of benzene rings is 1. The molecule has 0 amide bonds. The van der Waals surface area contributed by atoms with Crippen LogP contribution in [0.3, 0.4) is 0 Å². The number of ether oxygens (including phenoxy) is 1. The molecule has 0 unspecified atom stereocenters. The van der Waals surface area contributed by atoms with Crippen LogP contribution in [-0.4, -0.2) is 40.2 Å². The number of aromatic nitrogens is 3. The highest BCUT2D eigenvalue weighted by atomic mass is 32.2. The van der Waals surface area contributed by atoms with Crippen LogP contribution in [0.2, 0.25) is 0 Å². The van der Waals surface area contributed by atoms with Gasteiger partial charge >= 0.3 is 0 Å². The smallest absolute Gasteiger partial charge is 0.228 e. The number of halogens is 1. The van der Waals surface area contributed by atoms with Crippen molar-refractivity contribution in [3.05, 3.63) is 30.1 Å². The molecule has 2 aromatic rings. The molecule has 7 heteroatoms. The Labute approximate surface area is 151 Å². The van der Waals surface area contributed by atoms with Gasteiger partial charge in [-0.1, -0.05) is 23.9 Å². The molecule has 1 saturated heterocycles. The Balaban J connectivity index is 1.37. The summed E-state index contributed by atoms with van der Waals surface area (Å²) in [6.45, 7) is 2.60. The number of piperidine rings is 1. The van der Waals surface area contributed by atoms with Gasteiger partial charge in [0.2, 0.25) is 5.95 Å². The third-order valence-electron chi connectivity index (χ3n) is 4.61. The molecule has 0 radical (unpaired) electrons. The summed E-state index contributed by atoms with van der Waals surface area (Å²) in [5.74, 6) is 1.74. The Morgan fingerprint density at radius 1 is 1.12 bits per heavy atom. The predicted octanol–water partition coefficient (Wildman–Crippen LogP) is 3.91. The zero-order valence-corrected chi connectivity index (χ0v) is 15.1. The topological polar surface area (TPSA) is 43.2 Å². The van der Waals surface area contributed by atoms with Crippen molar-refractivity contribution in [2.24, 2.45) is 0 Å². The van der Waals surface area contributed by atoms with Crippen LogP contribution < -0.4 is 9.64 Å². The molecule has 0 atom stereocenters. The molecule has 1 aliphatic heterocycles. The van der Waals surface area contributed by atoms with Crippen LogP contribution in [0, 0.1) is 5.82 Å². The van der Waals surface area contributed by atoms with E-state index < -0.39 is 0 Å². The fourth-order valence-electron chi connectivity index (χ4n) is 3.18. The van der Waals surface area contributed by atoms with E-state index in [0.29, 0.717) is 18.4 Å². The SMILES string of the molecule is Fc1ccccc1OCCSc1nnc(N2CCCCC2)n1C1CC1. The highest BCUT2D eigenvalue weighted by Gasteiger charge is 2.31. The molecular formula is C18H23FN4OS. The third-order valence-corrected chi connectivity index (χ3v) is 5.51. The summed E-state index contributed by atoms with van der Waals surface area (Å²) in [5.41, 5.74) is 0. The molecule has 5 nitrogen and oxygen atoms in total. The third kappa shape index (κ3) is 3.92. The van der Waals surface area contributed by atoms with E-state index in [0.717, 1.165) is 29.9 Å². The summed E-state index contributed by atoms with van der Waals surface area (Å²) in [4.78, 5) is 2.37. The van der Waals surface area contributed by atoms with E-state index in [1.54, 1.807) is 30.0 Å². The normalized spacial score (nSPS) is 17.7. The molecule has 2 aliphatic rings. The molecule has 4 rings (SSSR count). The molecule has 2 fully saturated rings. The van der Waals surface area contributed by atoms with Gasteiger partial charge in [-0.2, -0.15) is 0 Å². The number of anilines is 1. The predicted molar refractivity (Wildman–Crippen MR) is 97.0 cm³/mol. The minimum Gasteiger partial charge on any atom is -0.490 e. The maximum Gasteiger partial charge on any atom is 0.228 e. The van der Waals surface area contributed by atoms with Crippen molar-refractivity contribution in [3.63, 3.8) is 0 Å². The Morgan fingerprint density at radius 2 is 1.92 bits per heavy atom. The molecule has 1 aliphatic carbocycles. The molecule has 2 heterocycles. The maximum atomic E-state index is 13.6. The van der Waals surface area contributed by atoms with Gasteiger partial charge in [0.15, 0.2) is 16.7 Å². The standard InChI is InChI=1S/C18H23FN4OS/c19-15-6-2-3-7-16(15)24-12-13-25-18-21-20-17(23(18)14-8-9-14)22-10-4-1-5-11-22/h2-3,6-7,14H,1,4-5,8-13H2. The highest BCUT2D eigenvalue weighted by molar-refractivity contribution is 7.99. The number of hydrogen-bond donors (Lipinski definition) is 0. The molecule has 25 heavy (non-hydrogen) atoms. The van der Waals surface area contributed by atoms with Gasteiger partial charge in [0.1, 0.15) is 0 Å². The van der Waals surface area contributed by atoms with Gasteiger partial charge < -0.3 is 9.64 Å². The Kier molecular flexibility index (Phi) is 5.10. The van der Waals surface area contributed by atoms with Crippen LogP contribution in [0.5, 0.6) is 5.75 Å². The summed E-state index contributed by atoms with van der Waals surface area (Å²) >= 11 is 1.64. The lowest BCUT2D eigenvalue weighted by atomic mass is 10.1. The van der Waals surface area contributed by atoms with E-state index in [9.17, 15) is 4.39 Å². The van der Waals surface area contributed by atoms with Crippen molar-refractivity contribution in [1.29, 1.82) is 0 Å². The van der Waals surface area contributed by atoms with Crippen LogP contribution in [0.15, 0.2) is 29.4 Å².